The molecule has 2 aromatic carbocycles. The van der Waals surface area contributed by atoms with E-state index in [9.17, 15) is 28.6 Å². The maximum absolute atomic E-state index is 12.3. The van der Waals surface area contributed by atoms with Gasteiger partial charge in [0.25, 0.3) is 5.69 Å². The van der Waals surface area contributed by atoms with Crippen molar-refractivity contribution in [3.63, 3.8) is 0 Å². The van der Waals surface area contributed by atoms with E-state index >= 15 is 0 Å². The summed E-state index contributed by atoms with van der Waals surface area (Å²) in [5, 5.41) is 28.6. The molecule has 0 atom stereocenters. The zero-order valence-corrected chi connectivity index (χ0v) is 20.6. The Morgan fingerprint density at radius 1 is 0.973 bits per heavy atom. The molecule has 2 N–H and O–H groups in total. The van der Waals surface area contributed by atoms with Crippen LogP contribution < -0.4 is 14.8 Å². The van der Waals surface area contributed by atoms with Crippen LogP contribution >= 0.6 is 0 Å². The number of hydrogen-bond donors (Lipinski definition) is 1. The van der Waals surface area contributed by atoms with Crippen LogP contribution in [0.1, 0.15) is 5.56 Å². The van der Waals surface area contributed by atoms with Crippen molar-refractivity contribution in [2.24, 2.45) is 5.14 Å². The molecule has 1 aliphatic rings. The summed E-state index contributed by atoms with van der Waals surface area (Å²) in [7, 11) is -2.87. The standard InChI is InChI=1S/C23H24N6O7S/c1-36-21-9-4-17(14-25-21)22-20(37(24,34)35)8-7-19(23(22)29(32)33)27-12-10-26(11-13-27)15-16-2-5-18(6-3-16)28(30)31/h2-9,14H,10-13,15H2,1H3,(H2,24,34,35). The average molecular weight is 529 g/mol. The summed E-state index contributed by atoms with van der Waals surface area (Å²) in [6.07, 6.45) is 1.31. The van der Waals surface area contributed by atoms with Crippen LogP contribution in [0.5, 0.6) is 5.88 Å². The summed E-state index contributed by atoms with van der Waals surface area (Å²) in [4.78, 5) is 29.7. The normalized spacial score (nSPS) is 14.4. The van der Waals surface area contributed by atoms with Gasteiger partial charge in [-0.3, -0.25) is 25.1 Å². The van der Waals surface area contributed by atoms with Gasteiger partial charge in [0, 0.05) is 62.7 Å². The monoisotopic (exact) mass is 528 g/mol. The Kier molecular flexibility index (Phi) is 7.33. The van der Waals surface area contributed by atoms with Gasteiger partial charge in [-0.25, -0.2) is 18.5 Å². The van der Waals surface area contributed by atoms with Crippen LogP contribution in [0, 0.1) is 20.2 Å². The van der Waals surface area contributed by atoms with Gasteiger partial charge in [-0.15, -0.1) is 0 Å². The Morgan fingerprint density at radius 3 is 2.16 bits per heavy atom. The summed E-state index contributed by atoms with van der Waals surface area (Å²) < 4.78 is 29.7. The SMILES string of the molecule is COc1ccc(-c2c(S(N)(=O)=O)ccc(N3CCN(Cc4ccc([N+](=O)[O-])cc4)CC3)c2[N+](=O)[O-])cn1. The fourth-order valence-electron chi connectivity index (χ4n) is 4.29. The first-order valence-electron chi connectivity index (χ1n) is 11.1. The van der Waals surface area contributed by atoms with Crippen molar-refractivity contribution < 1.29 is 23.0 Å². The summed E-state index contributed by atoms with van der Waals surface area (Å²) in [6.45, 7) is 2.61. The zero-order valence-electron chi connectivity index (χ0n) is 19.8. The maximum Gasteiger partial charge on any atom is 0.301 e. The van der Waals surface area contributed by atoms with E-state index in [1.807, 2.05) is 4.90 Å². The van der Waals surface area contributed by atoms with Crippen LogP contribution in [0.3, 0.4) is 0 Å². The van der Waals surface area contributed by atoms with Crippen molar-refractivity contribution in [1.29, 1.82) is 0 Å². The number of ether oxygens (including phenoxy) is 1. The molecule has 0 spiro atoms. The molecule has 2 heterocycles. The number of aromatic nitrogens is 1. The lowest BCUT2D eigenvalue weighted by Gasteiger charge is -2.36. The van der Waals surface area contributed by atoms with Crippen molar-refractivity contribution in [2.75, 3.05) is 38.2 Å². The highest BCUT2D eigenvalue weighted by molar-refractivity contribution is 7.89. The van der Waals surface area contributed by atoms with Gasteiger partial charge in [0.1, 0.15) is 5.69 Å². The van der Waals surface area contributed by atoms with E-state index in [4.69, 9.17) is 9.88 Å². The van der Waals surface area contributed by atoms with Gasteiger partial charge in [-0.05, 0) is 23.8 Å². The fraction of sp³-hybridized carbons (Fsp3) is 0.261. The quantitative estimate of drug-likeness (QED) is 0.338. The Bertz CT molecular complexity index is 1420. The summed E-state index contributed by atoms with van der Waals surface area (Å²) >= 11 is 0. The predicted octanol–water partition coefficient (Wildman–Crippen LogP) is 2.54. The van der Waals surface area contributed by atoms with E-state index in [0.29, 0.717) is 32.7 Å². The summed E-state index contributed by atoms with van der Waals surface area (Å²) in [5.41, 5.74) is 0.924. The second-order valence-corrected chi connectivity index (χ2v) is 9.91. The number of hydrogen-bond acceptors (Lipinski definition) is 10. The third kappa shape index (κ3) is 5.66. The van der Waals surface area contributed by atoms with Crippen LogP contribution in [0.15, 0.2) is 59.6 Å². The van der Waals surface area contributed by atoms with Crippen molar-refractivity contribution in [1.82, 2.24) is 9.88 Å². The van der Waals surface area contributed by atoms with E-state index in [0.717, 1.165) is 5.56 Å². The van der Waals surface area contributed by atoms with E-state index in [2.05, 4.69) is 9.88 Å². The summed E-state index contributed by atoms with van der Waals surface area (Å²) in [6, 6.07) is 12.0. The molecule has 37 heavy (non-hydrogen) atoms. The Balaban J connectivity index is 1.63. The molecule has 0 unspecified atom stereocenters. The highest BCUT2D eigenvalue weighted by Crippen LogP contribution is 2.42. The van der Waals surface area contributed by atoms with Crippen LogP contribution in [-0.4, -0.2) is 61.4 Å². The molecular formula is C23H24N6O7S. The number of nitrogens with two attached hydrogens (primary N) is 1. The molecule has 0 aliphatic carbocycles. The zero-order chi connectivity index (χ0) is 26.7. The molecule has 0 amide bonds. The van der Waals surface area contributed by atoms with Crippen LogP contribution in [0.2, 0.25) is 0 Å². The lowest BCUT2D eigenvalue weighted by Crippen LogP contribution is -2.46. The van der Waals surface area contributed by atoms with Gasteiger partial charge in [0.05, 0.1) is 27.4 Å². The van der Waals surface area contributed by atoms with E-state index in [1.54, 1.807) is 12.1 Å². The second kappa shape index (κ2) is 10.5. The van der Waals surface area contributed by atoms with E-state index in [1.165, 1.54) is 49.7 Å². The Hall–Kier alpha value is -4.14. The number of rotatable bonds is 8. The molecule has 0 saturated carbocycles. The van der Waals surface area contributed by atoms with Crippen molar-refractivity contribution >= 4 is 27.1 Å². The molecule has 1 aliphatic heterocycles. The lowest BCUT2D eigenvalue weighted by atomic mass is 10.0. The molecule has 0 radical (unpaired) electrons. The van der Waals surface area contributed by atoms with Gasteiger partial charge in [-0.2, -0.15) is 0 Å². The van der Waals surface area contributed by atoms with Gasteiger partial charge in [-0.1, -0.05) is 12.1 Å². The predicted molar refractivity (Wildman–Crippen MR) is 135 cm³/mol. The highest BCUT2D eigenvalue weighted by atomic mass is 32.2. The number of sulfonamides is 1. The first-order valence-corrected chi connectivity index (χ1v) is 12.7. The molecule has 4 rings (SSSR count). The minimum atomic E-state index is -4.29. The first kappa shape index (κ1) is 25.9. The minimum absolute atomic E-state index is 0.0201. The number of pyridine rings is 1. The number of methoxy groups -OCH3 is 1. The van der Waals surface area contributed by atoms with Crippen molar-refractivity contribution in [3.8, 4) is 17.0 Å². The molecule has 194 valence electrons. The molecule has 0 bridgehead atoms. The third-order valence-electron chi connectivity index (χ3n) is 6.11. The van der Waals surface area contributed by atoms with Crippen molar-refractivity contribution in [3.05, 3.63) is 80.5 Å². The number of piperazine rings is 1. The molecule has 1 fully saturated rings. The van der Waals surface area contributed by atoms with Gasteiger partial charge >= 0.3 is 5.69 Å². The highest BCUT2D eigenvalue weighted by Gasteiger charge is 2.32. The fourth-order valence-corrected chi connectivity index (χ4v) is 5.05. The molecule has 1 saturated heterocycles. The van der Waals surface area contributed by atoms with E-state index in [-0.39, 0.29) is 39.0 Å². The minimum Gasteiger partial charge on any atom is -0.481 e. The molecule has 13 nitrogen and oxygen atoms in total. The molecular weight excluding hydrogens is 504 g/mol. The van der Waals surface area contributed by atoms with Crippen LogP contribution in [0.25, 0.3) is 11.1 Å². The smallest absolute Gasteiger partial charge is 0.301 e. The van der Waals surface area contributed by atoms with Crippen LogP contribution in [0.4, 0.5) is 17.1 Å². The Labute approximate surface area is 212 Å². The maximum atomic E-state index is 12.3. The number of nitrogens with zero attached hydrogens (tertiary/aromatic N) is 5. The first-order chi connectivity index (χ1) is 17.6. The number of primary sulfonamides is 1. The number of benzene rings is 2. The van der Waals surface area contributed by atoms with Gasteiger partial charge < -0.3 is 9.64 Å². The van der Waals surface area contributed by atoms with E-state index < -0.39 is 19.9 Å². The van der Waals surface area contributed by atoms with Gasteiger partial charge in [0.2, 0.25) is 15.9 Å². The Morgan fingerprint density at radius 2 is 1.65 bits per heavy atom. The number of nitro groups is 2. The number of nitro benzene ring substituents is 2. The number of anilines is 1. The van der Waals surface area contributed by atoms with Gasteiger partial charge in [0.15, 0.2) is 0 Å². The second-order valence-electron chi connectivity index (χ2n) is 8.38. The molecule has 3 aromatic rings. The lowest BCUT2D eigenvalue weighted by molar-refractivity contribution is -0.384. The number of non-ortho nitro benzene ring substituents is 1. The summed E-state index contributed by atoms with van der Waals surface area (Å²) in [5.74, 6) is 0.267. The van der Waals surface area contributed by atoms with Crippen molar-refractivity contribution in [2.45, 2.75) is 11.4 Å². The third-order valence-corrected chi connectivity index (χ3v) is 7.06. The molecule has 14 heteroatoms. The molecule has 1 aromatic heterocycles. The topological polar surface area (TPSA) is 175 Å². The average Bonchev–Trinajstić information content (AvgIpc) is 2.88. The van der Waals surface area contributed by atoms with Crippen LogP contribution in [-0.2, 0) is 16.6 Å². The largest absolute Gasteiger partial charge is 0.481 e.